The Morgan fingerprint density at radius 2 is 1.93 bits per heavy atom. The van der Waals surface area contributed by atoms with E-state index in [-0.39, 0.29) is 17.9 Å². The van der Waals surface area contributed by atoms with Gasteiger partial charge >= 0.3 is 0 Å². The quantitative estimate of drug-likeness (QED) is 0.582. The summed E-state index contributed by atoms with van der Waals surface area (Å²) in [4.78, 5) is 28.9. The first-order valence-electron chi connectivity index (χ1n) is 11.2. The van der Waals surface area contributed by atoms with Gasteiger partial charge in [0.25, 0.3) is 5.91 Å². The number of benzene rings is 1. The molecule has 2 heterocycles. The Kier molecular flexibility index (Phi) is 6.14. The van der Waals surface area contributed by atoms with E-state index in [9.17, 15) is 9.59 Å². The molecule has 1 unspecified atom stereocenters. The molecule has 2 amide bonds. The normalized spacial score (nSPS) is 22.7. The fourth-order valence-corrected chi connectivity index (χ4v) is 4.99. The number of rotatable bonds is 6. The largest absolute Gasteiger partial charge is 0.385 e. The molecule has 1 aromatic heterocycles. The van der Waals surface area contributed by atoms with Crippen molar-refractivity contribution in [3.63, 3.8) is 0 Å². The van der Waals surface area contributed by atoms with Gasteiger partial charge in [-0.1, -0.05) is 43.9 Å². The van der Waals surface area contributed by atoms with Crippen LogP contribution >= 0.6 is 0 Å². The van der Waals surface area contributed by atoms with Crippen molar-refractivity contribution < 1.29 is 14.3 Å². The van der Waals surface area contributed by atoms with Gasteiger partial charge in [0.05, 0.1) is 6.54 Å². The molecule has 30 heavy (non-hydrogen) atoms. The van der Waals surface area contributed by atoms with Crippen molar-refractivity contribution in [2.75, 3.05) is 20.3 Å². The second-order valence-electron chi connectivity index (χ2n) is 8.91. The molecule has 162 valence electrons. The number of methoxy groups -OCH3 is 1. The molecule has 1 aliphatic heterocycles. The number of amides is 2. The fraction of sp³-hybridized carbons (Fsp3) is 0.583. The second kappa shape index (κ2) is 8.80. The van der Waals surface area contributed by atoms with E-state index in [2.05, 4.69) is 5.32 Å². The molecule has 6 heteroatoms. The highest BCUT2D eigenvalue weighted by molar-refractivity contribution is 6.03. The lowest BCUT2D eigenvalue weighted by molar-refractivity contribution is -0.133. The van der Waals surface area contributed by atoms with Crippen LogP contribution < -0.4 is 5.32 Å². The summed E-state index contributed by atoms with van der Waals surface area (Å²) in [6.45, 7) is 3.45. The molecule has 2 aromatic rings. The predicted molar refractivity (Wildman–Crippen MR) is 118 cm³/mol. The topological polar surface area (TPSA) is 63.6 Å². The van der Waals surface area contributed by atoms with Gasteiger partial charge < -0.3 is 19.5 Å². The second-order valence-corrected chi connectivity index (χ2v) is 8.91. The van der Waals surface area contributed by atoms with Crippen molar-refractivity contribution in [2.45, 2.75) is 70.0 Å². The number of carbonyl (C=O) groups is 2. The number of nitrogens with one attached hydrogen (secondary N) is 1. The third kappa shape index (κ3) is 3.85. The first-order chi connectivity index (χ1) is 14.5. The maximum atomic E-state index is 13.6. The third-order valence-electron chi connectivity index (χ3n) is 6.75. The maximum absolute atomic E-state index is 13.6. The monoisotopic (exact) mass is 411 g/mol. The smallest absolute Gasteiger partial charge is 0.271 e. The summed E-state index contributed by atoms with van der Waals surface area (Å²) in [6, 6.07) is 10.2. The lowest BCUT2D eigenvalue weighted by Crippen LogP contribution is -2.65. The van der Waals surface area contributed by atoms with Crippen LogP contribution in [0.1, 0.15) is 62.4 Å². The van der Waals surface area contributed by atoms with Crippen LogP contribution in [0.25, 0.3) is 10.9 Å². The Hall–Kier alpha value is -2.34. The highest BCUT2D eigenvalue weighted by Gasteiger charge is 2.47. The van der Waals surface area contributed by atoms with Crippen LogP contribution in [0.4, 0.5) is 0 Å². The van der Waals surface area contributed by atoms with Crippen LogP contribution in [0, 0.1) is 0 Å². The summed E-state index contributed by atoms with van der Waals surface area (Å²) in [5.74, 6) is -0.115. The summed E-state index contributed by atoms with van der Waals surface area (Å²) >= 11 is 0. The highest BCUT2D eigenvalue weighted by Crippen LogP contribution is 2.33. The minimum absolute atomic E-state index is 0.0383. The molecule has 0 saturated heterocycles. The zero-order valence-electron chi connectivity index (χ0n) is 18.2. The summed E-state index contributed by atoms with van der Waals surface area (Å²) in [5, 5.41) is 4.34. The third-order valence-corrected chi connectivity index (χ3v) is 6.75. The minimum Gasteiger partial charge on any atom is -0.385 e. The molecule has 1 N–H and O–H groups in total. The van der Waals surface area contributed by atoms with E-state index in [4.69, 9.17) is 4.74 Å². The van der Waals surface area contributed by atoms with Gasteiger partial charge in [-0.05, 0) is 38.3 Å². The summed E-state index contributed by atoms with van der Waals surface area (Å²) < 4.78 is 7.23. The van der Waals surface area contributed by atoms with E-state index >= 15 is 0 Å². The number of hydrogen-bond donors (Lipinski definition) is 1. The van der Waals surface area contributed by atoms with Gasteiger partial charge in [-0.25, -0.2) is 0 Å². The van der Waals surface area contributed by atoms with Crippen molar-refractivity contribution in [1.29, 1.82) is 0 Å². The van der Waals surface area contributed by atoms with Crippen molar-refractivity contribution in [3.05, 3.63) is 36.0 Å². The fourth-order valence-electron chi connectivity index (χ4n) is 4.99. The lowest BCUT2D eigenvalue weighted by atomic mass is 9.93. The average molecular weight is 412 g/mol. The van der Waals surface area contributed by atoms with E-state index < -0.39 is 5.54 Å². The SMILES string of the molecule is COCCCN1C(=O)c2cc3ccccc3n2CC1(C)C(=O)NC1CCCCCC1. The standard InChI is InChI=1S/C24H33N3O3/c1-24(23(29)25-19-11-5-3-4-6-12-19)17-26-20-13-8-7-10-18(20)16-21(26)22(28)27(24)14-9-15-30-2/h7-8,10,13,16,19H,3-6,9,11-12,14-15,17H2,1-2H3,(H,25,29). The van der Waals surface area contributed by atoms with Crippen LogP contribution in [-0.4, -0.2) is 53.1 Å². The summed E-state index contributed by atoms with van der Waals surface area (Å²) in [7, 11) is 1.66. The molecule has 1 aromatic carbocycles. The van der Waals surface area contributed by atoms with Gasteiger partial charge in [0.1, 0.15) is 11.2 Å². The Morgan fingerprint density at radius 1 is 1.20 bits per heavy atom. The number of ether oxygens (including phenoxy) is 1. The van der Waals surface area contributed by atoms with Gasteiger partial charge in [-0.15, -0.1) is 0 Å². The van der Waals surface area contributed by atoms with E-state index in [1.54, 1.807) is 12.0 Å². The molecular formula is C24H33N3O3. The Bertz CT molecular complexity index is 914. The van der Waals surface area contributed by atoms with Gasteiger partial charge in [-0.2, -0.15) is 0 Å². The van der Waals surface area contributed by atoms with Crippen LogP contribution in [0.3, 0.4) is 0 Å². The zero-order valence-corrected chi connectivity index (χ0v) is 18.2. The number of para-hydroxylation sites is 1. The van der Waals surface area contributed by atoms with Gasteiger partial charge in [0.15, 0.2) is 0 Å². The molecule has 6 nitrogen and oxygen atoms in total. The minimum atomic E-state index is -0.925. The Labute approximate surface area is 178 Å². The van der Waals surface area contributed by atoms with E-state index in [1.807, 2.05) is 41.8 Å². The van der Waals surface area contributed by atoms with Crippen molar-refractivity contribution in [3.8, 4) is 0 Å². The lowest BCUT2D eigenvalue weighted by Gasteiger charge is -2.44. The van der Waals surface area contributed by atoms with Crippen LogP contribution in [0.5, 0.6) is 0 Å². The van der Waals surface area contributed by atoms with Crippen LogP contribution in [0.15, 0.2) is 30.3 Å². The Balaban J connectivity index is 1.66. The molecule has 0 bridgehead atoms. The number of fused-ring (bicyclic) bond motifs is 3. The van der Waals surface area contributed by atoms with Gasteiger partial charge in [0.2, 0.25) is 5.91 Å². The molecule has 0 radical (unpaired) electrons. The summed E-state index contributed by atoms with van der Waals surface area (Å²) in [5.41, 5.74) is 0.741. The molecule has 2 aliphatic rings. The zero-order chi connectivity index (χ0) is 21.1. The van der Waals surface area contributed by atoms with E-state index in [1.165, 1.54) is 12.8 Å². The molecule has 1 atom stereocenters. The molecule has 1 fully saturated rings. The van der Waals surface area contributed by atoms with Crippen LogP contribution in [-0.2, 0) is 16.1 Å². The number of carbonyl (C=O) groups excluding carboxylic acids is 2. The number of nitrogens with zero attached hydrogens (tertiary/aromatic N) is 2. The molecule has 1 saturated carbocycles. The first-order valence-corrected chi connectivity index (χ1v) is 11.2. The first kappa shape index (κ1) is 20.9. The Morgan fingerprint density at radius 3 is 2.67 bits per heavy atom. The van der Waals surface area contributed by atoms with Crippen molar-refractivity contribution >= 4 is 22.7 Å². The molecule has 0 spiro atoms. The van der Waals surface area contributed by atoms with Crippen LogP contribution in [0.2, 0.25) is 0 Å². The van der Waals surface area contributed by atoms with Crippen molar-refractivity contribution in [1.82, 2.24) is 14.8 Å². The molecule has 1 aliphatic carbocycles. The predicted octanol–water partition coefficient (Wildman–Crippen LogP) is 3.73. The average Bonchev–Trinajstić information content (AvgIpc) is 2.91. The highest BCUT2D eigenvalue weighted by atomic mass is 16.5. The molecule has 4 rings (SSSR count). The summed E-state index contributed by atoms with van der Waals surface area (Å²) in [6.07, 6.45) is 7.55. The maximum Gasteiger partial charge on any atom is 0.271 e. The van der Waals surface area contributed by atoms with Crippen molar-refractivity contribution in [2.24, 2.45) is 0 Å². The number of hydrogen-bond acceptors (Lipinski definition) is 3. The van der Waals surface area contributed by atoms with E-state index in [0.717, 1.165) is 36.6 Å². The number of aromatic nitrogens is 1. The molecular weight excluding hydrogens is 378 g/mol. The van der Waals surface area contributed by atoms with E-state index in [0.29, 0.717) is 31.8 Å². The van der Waals surface area contributed by atoms with Gasteiger partial charge in [0, 0.05) is 37.2 Å². The van der Waals surface area contributed by atoms with Gasteiger partial charge in [-0.3, -0.25) is 9.59 Å².